The van der Waals surface area contributed by atoms with Crippen molar-refractivity contribution in [3.8, 4) is 0 Å². The fourth-order valence-corrected chi connectivity index (χ4v) is 4.04. The fourth-order valence-electron chi connectivity index (χ4n) is 3.10. The van der Waals surface area contributed by atoms with Gasteiger partial charge in [-0.25, -0.2) is 22.5 Å². The van der Waals surface area contributed by atoms with Crippen molar-refractivity contribution in [2.75, 3.05) is 25.6 Å². The van der Waals surface area contributed by atoms with E-state index in [1.165, 1.54) is 37.6 Å². The number of amides is 2. The van der Waals surface area contributed by atoms with Gasteiger partial charge >= 0.3 is 0 Å². The first kappa shape index (κ1) is 25.9. The zero-order valence-corrected chi connectivity index (χ0v) is 19.7. The molecule has 1 atom stereocenters. The fraction of sp³-hybridized carbons (Fsp3) is 0.208. The predicted molar refractivity (Wildman–Crippen MR) is 128 cm³/mol. The molecule has 3 N–H and O–H groups in total. The lowest BCUT2D eigenvalue weighted by Crippen LogP contribution is -2.45. The van der Waals surface area contributed by atoms with E-state index in [0.29, 0.717) is 0 Å². The van der Waals surface area contributed by atoms with E-state index in [1.807, 2.05) is 30.3 Å². The average Bonchev–Trinajstić information content (AvgIpc) is 2.85. The maximum Gasteiger partial charge on any atom is 0.258 e. The number of pyridine rings is 1. The Morgan fingerprint density at radius 1 is 1.03 bits per heavy atom. The number of carbonyl (C=O) groups excluding carboxylic acids is 2. The van der Waals surface area contributed by atoms with Crippen molar-refractivity contribution in [2.45, 2.75) is 17.5 Å². The first-order valence-electron chi connectivity index (χ1n) is 10.6. The van der Waals surface area contributed by atoms with Crippen LogP contribution >= 0.6 is 0 Å². The van der Waals surface area contributed by atoms with Crippen molar-refractivity contribution in [2.24, 2.45) is 0 Å². The second-order valence-electron chi connectivity index (χ2n) is 7.49. The van der Waals surface area contributed by atoms with E-state index in [9.17, 15) is 22.4 Å². The highest BCUT2D eigenvalue weighted by Crippen LogP contribution is 2.13. The Balaban J connectivity index is 1.73. The molecule has 0 aliphatic carbocycles. The van der Waals surface area contributed by atoms with Crippen molar-refractivity contribution in [3.05, 3.63) is 89.9 Å². The Morgan fingerprint density at radius 3 is 2.37 bits per heavy atom. The SMILES string of the molecule is COCCNS(=O)(=O)c1ccc(NC(=O)[C@H](Cc2ccccc2)NC(=O)c2ccc(F)cc2)cn1. The number of sulfonamides is 1. The third-order valence-electron chi connectivity index (χ3n) is 4.89. The third kappa shape index (κ3) is 7.67. The summed E-state index contributed by atoms with van der Waals surface area (Å²) in [7, 11) is -2.37. The van der Waals surface area contributed by atoms with Crippen LogP contribution in [0, 0.1) is 5.82 Å². The van der Waals surface area contributed by atoms with E-state index < -0.39 is 33.7 Å². The summed E-state index contributed by atoms with van der Waals surface area (Å²) >= 11 is 0. The van der Waals surface area contributed by atoms with Crippen molar-refractivity contribution < 1.29 is 27.1 Å². The first-order valence-corrected chi connectivity index (χ1v) is 12.1. The molecule has 0 aliphatic heterocycles. The number of aromatic nitrogens is 1. The Kier molecular flexibility index (Phi) is 9.01. The van der Waals surface area contributed by atoms with E-state index in [2.05, 4.69) is 20.3 Å². The summed E-state index contributed by atoms with van der Waals surface area (Å²) in [5, 5.41) is 5.11. The molecule has 0 radical (unpaired) electrons. The number of nitrogens with one attached hydrogen (secondary N) is 3. The standard InChI is InChI=1S/C24H25FN4O5S/c1-34-14-13-27-35(32,33)22-12-11-20(16-26-22)28-24(31)21(15-17-5-3-2-4-6-17)29-23(30)18-7-9-19(25)10-8-18/h2-12,16,21,27H,13-15H2,1H3,(H,28,31)(H,29,30)/t21-/m0/s1. The Labute approximate surface area is 202 Å². The van der Waals surface area contributed by atoms with Crippen LogP contribution in [0.15, 0.2) is 78.0 Å². The molecule has 0 spiro atoms. The number of anilines is 1. The summed E-state index contributed by atoms with van der Waals surface area (Å²) in [5.41, 5.74) is 1.27. The lowest BCUT2D eigenvalue weighted by atomic mass is 10.0. The molecule has 0 unspecified atom stereocenters. The minimum atomic E-state index is -3.82. The zero-order chi connectivity index (χ0) is 25.3. The molecular weight excluding hydrogens is 475 g/mol. The smallest absolute Gasteiger partial charge is 0.258 e. The van der Waals surface area contributed by atoms with Gasteiger partial charge < -0.3 is 15.4 Å². The maximum atomic E-state index is 13.2. The van der Waals surface area contributed by atoms with Gasteiger partial charge in [-0.3, -0.25) is 9.59 Å². The molecule has 0 fully saturated rings. The number of ether oxygens (including phenoxy) is 1. The zero-order valence-electron chi connectivity index (χ0n) is 18.9. The van der Waals surface area contributed by atoms with Crippen LogP contribution in [0.2, 0.25) is 0 Å². The molecule has 0 saturated carbocycles. The van der Waals surface area contributed by atoms with Crippen LogP contribution in [0.25, 0.3) is 0 Å². The minimum Gasteiger partial charge on any atom is -0.383 e. The molecule has 3 aromatic rings. The van der Waals surface area contributed by atoms with Gasteiger partial charge in [-0.1, -0.05) is 30.3 Å². The number of nitrogens with zero attached hydrogens (tertiary/aromatic N) is 1. The van der Waals surface area contributed by atoms with Crippen molar-refractivity contribution in [1.29, 1.82) is 0 Å². The van der Waals surface area contributed by atoms with Crippen LogP contribution in [0.4, 0.5) is 10.1 Å². The van der Waals surface area contributed by atoms with Crippen LogP contribution in [-0.2, 0) is 26.0 Å². The number of carbonyl (C=O) groups is 2. The minimum absolute atomic E-state index is 0.0912. The number of benzene rings is 2. The van der Waals surface area contributed by atoms with E-state index in [4.69, 9.17) is 4.74 Å². The summed E-state index contributed by atoms with van der Waals surface area (Å²) in [6, 6.07) is 15.8. The van der Waals surface area contributed by atoms with Gasteiger partial charge in [-0.2, -0.15) is 0 Å². The van der Waals surface area contributed by atoms with Crippen LogP contribution in [0.1, 0.15) is 15.9 Å². The van der Waals surface area contributed by atoms with Gasteiger partial charge in [0.2, 0.25) is 5.91 Å². The number of hydrogen-bond donors (Lipinski definition) is 3. The summed E-state index contributed by atoms with van der Waals surface area (Å²) in [6.45, 7) is 0.299. The molecule has 2 aromatic carbocycles. The molecule has 0 aliphatic rings. The molecule has 3 rings (SSSR count). The van der Waals surface area contributed by atoms with E-state index in [-0.39, 0.29) is 35.8 Å². The van der Waals surface area contributed by atoms with Gasteiger partial charge in [0.15, 0.2) is 5.03 Å². The van der Waals surface area contributed by atoms with Crippen molar-refractivity contribution in [1.82, 2.24) is 15.0 Å². The van der Waals surface area contributed by atoms with E-state index in [0.717, 1.165) is 17.7 Å². The summed E-state index contributed by atoms with van der Waals surface area (Å²) in [4.78, 5) is 29.6. The topological polar surface area (TPSA) is 126 Å². The number of hydrogen-bond acceptors (Lipinski definition) is 6. The molecule has 1 aromatic heterocycles. The van der Waals surface area contributed by atoms with Crippen LogP contribution in [0.3, 0.4) is 0 Å². The van der Waals surface area contributed by atoms with E-state index >= 15 is 0 Å². The van der Waals surface area contributed by atoms with Gasteiger partial charge in [0.05, 0.1) is 18.5 Å². The van der Waals surface area contributed by atoms with Crippen molar-refractivity contribution >= 4 is 27.5 Å². The Morgan fingerprint density at radius 2 is 1.74 bits per heavy atom. The molecule has 35 heavy (non-hydrogen) atoms. The lowest BCUT2D eigenvalue weighted by molar-refractivity contribution is -0.118. The number of rotatable bonds is 11. The third-order valence-corrected chi connectivity index (χ3v) is 6.26. The summed E-state index contributed by atoms with van der Waals surface area (Å²) < 4.78 is 44.9. The highest BCUT2D eigenvalue weighted by atomic mass is 32.2. The predicted octanol–water partition coefficient (Wildman–Crippen LogP) is 2.13. The highest BCUT2D eigenvalue weighted by Gasteiger charge is 2.23. The first-order chi connectivity index (χ1) is 16.8. The second-order valence-corrected chi connectivity index (χ2v) is 9.20. The molecular formula is C24H25FN4O5S. The molecule has 0 saturated heterocycles. The van der Waals surface area contributed by atoms with Gasteiger partial charge in [-0.15, -0.1) is 0 Å². The molecule has 1 heterocycles. The maximum absolute atomic E-state index is 13.2. The van der Waals surface area contributed by atoms with Gasteiger partial charge in [0.1, 0.15) is 11.9 Å². The summed E-state index contributed by atoms with van der Waals surface area (Å²) in [5.74, 6) is -1.55. The van der Waals surface area contributed by atoms with Crippen LogP contribution in [-0.4, -0.2) is 51.5 Å². The Hall–Kier alpha value is -3.67. The largest absolute Gasteiger partial charge is 0.383 e. The van der Waals surface area contributed by atoms with E-state index in [1.54, 1.807) is 0 Å². The monoisotopic (exact) mass is 500 g/mol. The Bertz CT molecular complexity index is 1240. The molecule has 9 nitrogen and oxygen atoms in total. The molecule has 0 bridgehead atoms. The lowest BCUT2D eigenvalue weighted by Gasteiger charge is -2.19. The van der Waals surface area contributed by atoms with Crippen LogP contribution in [0.5, 0.6) is 0 Å². The number of methoxy groups -OCH3 is 1. The highest BCUT2D eigenvalue weighted by molar-refractivity contribution is 7.89. The summed E-state index contributed by atoms with van der Waals surface area (Å²) in [6.07, 6.45) is 1.41. The quantitative estimate of drug-likeness (QED) is 0.346. The normalized spacial score (nSPS) is 12.1. The molecule has 11 heteroatoms. The molecule has 2 amide bonds. The van der Waals surface area contributed by atoms with Gasteiger partial charge in [-0.05, 0) is 42.0 Å². The van der Waals surface area contributed by atoms with Gasteiger partial charge in [0, 0.05) is 25.6 Å². The average molecular weight is 501 g/mol. The van der Waals surface area contributed by atoms with Gasteiger partial charge in [0.25, 0.3) is 15.9 Å². The van der Waals surface area contributed by atoms with Crippen molar-refractivity contribution in [3.63, 3.8) is 0 Å². The second kappa shape index (κ2) is 12.2. The number of halogens is 1. The van der Waals surface area contributed by atoms with Crippen LogP contribution < -0.4 is 15.4 Å². The molecule has 184 valence electrons.